The topological polar surface area (TPSA) is 99.0 Å². The molecular formula is C18H17N5O3. The van der Waals surface area contributed by atoms with Crippen LogP contribution in [-0.4, -0.2) is 38.6 Å². The zero-order valence-electron chi connectivity index (χ0n) is 13.9. The van der Waals surface area contributed by atoms with E-state index in [0.29, 0.717) is 17.9 Å². The first-order valence-corrected chi connectivity index (χ1v) is 8.00. The van der Waals surface area contributed by atoms with E-state index < -0.39 is 5.97 Å². The molecule has 3 rings (SSSR count). The summed E-state index contributed by atoms with van der Waals surface area (Å²) in [5.41, 5.74) is 1.51. The summed E-state index contributed by atoms with van der Waals surface area (Å²) in [6.07, 6.45) is 0. The molecule has 1 amide bonds. The largest absolute Gasteiger partial charge is 0.456 e. The molecule has 0 aliphatic rings. The summed E-state index contributed by atoms with van der Waals surface area (Å²) >= 11 is 0. The van der Waals surface area contributed by atoms with E-state index in [9.17, 15) is 9.59 Å². The highest BCUT2D eigenvalue weighted by Gasteiger charge is 2.12. The molecule has 26 heavy (non-hydrogen) atoms. The Morgan fingerprint density at radius 2 is 1.69 bits per heavy atom. The molecule has 0 saturated heterocycles. The van der Waals surface area contributed by atoms with E-state index in [1.165, 1.54) is 0 Å². The van der Waals surface area contributed by atoms with Crippen molar-refractivity contribution in [3.05, 3.63) is 77.6 Å². The van der Waals surface area contributed by atoms with E-state index in [1.807, 2.05) is 36.4 Å². The van der Waals surface area contributed by atoms with Crippen molar-refractivity contribution in [3.8, 4) is 0 Å². The first-order valence-electron chi connectivity index (χ1n) is 8.00. The first-order chi connectivity index (χ1) is 12.7. The predicted molar refractivity (Wildman–Crippen MR) is 91.9 cm³/mol. The number of hydrogen-bond acceptors (Lipinski definition) is 6. The van der Waals surface area contributed by atoms with Crippen molar-refractivity contribution in [2.75, 3.05) is 6.54 Å². The van der Waals surface area contributed by atoms with Gasteiger partial charge in [0.05, 0.1) is 6.54 Å². The molecule has 0 fully saturated rings. The molecule has 0 aliphatic carbocycles. The molecule has 8 heteroatoms. The Hall–Kier alpha value is -3.55. The number of nitrogens with one attached hydrogen (secondary N) is 1. The summed E-state index contributed by atoms with van der Waals surface area (Å²) in [6, 6.07) is 18.3. The highest BCUT2D eigenvalue weighted by molar-refractivity contribution is 5.95. The van der Waals surface area contributed by atoms with Gasteiger partial charge in [0.15, 0.2) is 12.4 Å². The van der Waals surface area contributed by atoms with Crippen LogP contribution in [0.3, 0.4) is 0 Å². The van der Waals surface area contributed by atoms with Gasteiger partial charge in [-0.25, -0.2) is 4.68 Å². The molecule has 132 valence electrons. The standard InChI is InChI=1S/C18H17N5O3/c24-17(11-19-18(25)15-9-5-2-6-10-15)26-13-16-20-21-22-23(16)12-14-7-3-1-4-8-14/h1-10H,11-13H2,(H,19,25). The molecule has 1 heterocycles. The van der Waals surface area contributed by atoms with E-state index in [1.54, 1.807) is 28.9 Å². The number of aromatic nitrogens is 4. The number of esters is 1. The molecule has 0 saturated carbocycles. The van der Waals surface area contributed by atoms with Gasteiger partial charge in [0, 0.05) is 5.56 Å². The van der Waals surface area contributed by atoms with Crippen molar-refractivity contribution >= 4 is 11.9 Å². The summed E-state index contributed by atoms with van der Waals surface area (Å²) < 4.78 is 6.69. The van der Waals surface area contributed by atoms with Crippen molar-refractivity contribution in [1.82, 2.24) is 25.5 Å². The molecule has 0 spiro atoms. The van der Waals surface area contributed by atoms with Gasteiger partial charge in [0.25, 0.3) is 5.91 Å². The lowest BCUT2D eigenvalue weighted by Crippen LogP contribution is -2.30. The molecular weight excluding hydrogens is 334 g/mol. The van der Waals surface area contributed by atoms with Gasteiger partial charge in [-0.3, -0.25) is 9.59 Å². The number of carbonyl (C=O) groups is 2. The lowest BCUT2D eigenvalue weighted by molar-refractivity contribution is -0.144. The smallest absolute Gasteiger partial charge is 0.325 e. The van der Waals surface area contributed by atoms with Crippen LogP contribution >= 0.6 is 0 Å². The fourth-order valence-electron chi connectivity index (χ4n) is 2.25. The Labute approximate surface area is 149 Å². The minimum Gasteiger partial charge on any atom is -0.456 e. The quantitative estimate of drug-likeness (QED) is 0.642. The van der Waals surface area contributed by atoms with Crippen LogP contribution in [0.15, 0.2) is 60.7 Å². The third-order valence-corrected chi connectivity index (χ3v) is 3.57. The molecule has 0 unspecified atom stereocenters. The SMILES string of the molecule is O=C(CNC(=O)c1ccccc1)OCc1nnnn1Cc1ccccc1. The Morgan fingerprint density at radius 3 is 2.42 bits per heavy atom. The minimum absolute atomic E-state index is 0.0696. The summed E-state index contributed by atoms with van der Waals surface area (Å²) in [5, 5.41) is 13.9. The molecule has 0 radical (unpaired) electrons. The predicted octanol–water partition coefficient (Wildman–Crippen LogP) is 1.19. The average Bonchev–Trinajstić information content (AvgIpc) is 3.13. The zero-order chi connectivity index (χ0) is 18.2. The molecule has 0 atom stereocenters. The number of rotatable bonds is 7. The first kappa shape index (κ1) is 17.3. The van der Waals surface area contributed by atoms with E-state index in [2.05, 4.69) is 20.8 Å². The third-order valence-electron chi connectivity index (χ3n) is 3.57. The fraction of sp³-hybridized carbons (Fsp3) is 0.167. The van der Waals surface area contributed by atoms with E-state index in [-0.39, 0.29) is 19.1 Å². The van der Waals surface area contributed by atoms with Crippen LogP contribution in [0, 0.1) is 0 Å². The Bertz CT molecular complexity index is 865. The number of amides is 1. The Kier molecular flexibility index (Phi) is 5.66. The van der Waals surface area contributed by atoms with Crippen LogP contribution in [0.1, 0.15) is 21.7 Å². The third kappa shape index (κ3) is 4.73. The lowest BCUT2D eigenvalue weighted by atomic mass is 10.2. The lowest BCUT2D eigenvalue weighted by Gasteiger charge is -2.07. The van der Waals surface area contributed by atoms with E-state index in [4.69, 9.17) is 4.74 Å². The fourth-order valence-corrected chi connectivity index (χ4v) is 2.25. The Morgan fingerprint density at radius 1 is 1.00 bits per heavy atom. The maximum Gasteiger partial charge on any atom is 0.325 e. The van der Waals surface area contributed by atoms with Crippen LogP contribution in [0.25, 0.3) is 0 Å². The molecule has 0 aliphatic heterocycles. The molecule has 3 aromatic rings. The second-order valence-electron chi connectivity index (χ2n) is 5.45. The van der Waals surface area contributed by atoms with Crippen molar-refractivity contribution in [1.29, 1.82) is 0 Å². The van der Waals surface area contributed by atoms with Crippen molar-refractivity contribution in [2.24, 2.45) is 0 Å². The van der Waals surface area contributed by atoms with Gasteiger partial charge in [0.2, 0.25) is 0 Å². The van der Waals surface area contributed by atoms with Crippen LogP contribution in [-0.2, 0) is 22.7 Å². The number of carbonyl (C=O) groups excluding carboxylic acids is 2. The van der Waals surface area contributed by atoms with E-state index >= 15 is 0 Å². The summed E-state index contributed by atoms with van der Waals surface area (Å²) in [7, 11) is 0. The van der Waals surface area contributed by atoms with Crippen molar-refractivity contribution in [2.45, 2.75) is 13.2 Å². The number of hydrogen-bond donors (Lipinski definition) is 1. The summed E-state index contributed by atoms with van der Waals surface area (Å²) in [4.78, 5) is 23.7. The molecule has 2 aromatic carbocycles. The Balaban J connectivity index is 1.48. The second kappa shape index (κ2) is 8.52. The minimum atomic E-state index is -0.566. The summed E-state index contributed by atoms with van der Waals surface area (Å²) in [5.74, 6) is -0.475. The number of ether oxygens (including phenoxy) is 1. The van der Waals surface area contributed by atoms with Gasteiger partial charge in [-0.15, -0.1) is 5.10 Å². The van der Waals surface area contributed by atoms with Gasteiger partial charge in [-0.1, -0.05) is 48.5 Å². The van der Waals surface area contributed by atoms with Crippen LogP contribution in [0.4, 0.5) is 0 Å². The monoisotopic (exact) mass is 351 g/mol. The zero-order valence-corrected chi connectivity index (χ0v) is 13.9. The highest BCUT2D eigenvalue weighted by Crippen LogP contribution is 2.04. The van der Waals surface area contributed by atoms with Crippen molar-refractivity contribution < 1.29 is 14.3 Å². The molecule has 0 bridgehead atoms. The molecule has 8 nitrogen and oxygen atoms in total. The maximum absolute atomic E-state index is 11.9. The molecule has 1 aromatic heterocycles. The van der Waals surface area contributed by atoms with Gasteiger partial charge < -0.3 is 10.1 Å². The molecule has 1 N–H and O–H groups in total. The highest BCUT2D eigenvalue weighted by atomic mass is 16.5. The van der Waals surface area contributed by atoms with Crippen LogP contribution < -0.4 is 5.32 Å². The second-order valence-corrected chi connectivity index (χ2v) is 5.45. The number of nitrogens with zero attached hydrogens (tertiary/aromatic N) is 4. The van der Waals surface area contributed by atoms with Gasteiger partial charge >= 0.3 is 5.97 Å². The van der Waals surface area contributed by atoms with E-state index in [0.717, 1.165) is 5.56 Å². The van der Waals surface area contributed by atoms with Gasteiger partial charge in [-0.2, -0.15) is 0 Å². The normalized spacial score (nSPS) is 10.3. The number of benzene rings is 2. The van der Waals surface area contributed by atoms with Crippen LogP contribution in [0.5, 0.6) is 0 Å². The van der Waals surface area contributed by atoms with Gasteiger partial charge in [-0.05, 0) is 28.1 Å². The average molecular weight is 351 g/mol. The maximum atomic E-state index is 11.9. The number of tetrazole rings is 1. The van der Waals surface area contributed by atoms with Crippen LogP contribution in [0.2, 0.25) is 0 Å². The summed E-state index contributed by atoms with van der Waals surface area (Å²) in [6.45, 7) is 0.180. The van der Waals surface area contributed by atoms with Gasteiger partial charge in [0.1, 0.15) is 6.54 Å². The van der Waals surface area contributed by atoms with Crippen molar-refractivity contribution in [3.63, 3.8) is 0 Å².